The second kappa shape index (κ2) is 7.15. The van der Waals surface area contributed by atoms with Crippen molar-refractivity contribution < 1.29 is 13.2 Å². The first-order valence-electron chi connectivity index (χ1n) is 7.67. The minimum absolute atomic E-state index is 0.138. The predicted molar refractivity (Wildman–Crippen MR) is 95.5 cm³/mol. The Balaban J connectivity index is 2.11. The van der Waals surface area contributed by atoms with Crippen molar-refractivity contribution in [2.45, 2.75) is 38.6 Å². The van der Waals surface area contributed by atoms with Gasteiger partial charge in [0, 0.05) is 5.69 Å². The number of aryl methyl sites for hydroxylation is 2. The third-order valence-electron chi connectivity index (χ3n) is 3.92. The normalized spacial score (nSPS) is 12.7. The summed E-state index contributed by atoms with van der Waals surface area (Å²) in [5.41, 5.74) is 3.66. The zero-order chi connectivity index (χ0) is 17.9. The van der Waals surface area contributed by atoms with Gasteiger partial charge in [-0.15, -0.1) is 0 Å². The van der Waals surface area contributed by atoms with Crippen LogP contribution >= 0.6 is 0 Å². The average Bonchev–Trinajstić information content (AvgIpc) is 2.51. The molecule has 0 aliphatic heterocycles. The van der Waals surface area contributed by atoms with Crippen molar-refractivity contribution in [2.24, 2.45) is 0 Å². The first kappa shape index (κ1) is 18.2. The van der Waals surface area contributed by atoms with Gasteiger partial charge < -0.3 is 5.32 Å². The lowest BCUT2D eigenvalue weighted by molar-refractivity contribution is -0.117. The van der Waals surface area contributed by atoms with E-state index in [0.29, 0.717) is 5.69 Å². The van der Waals surface area contributed by atoms with Gasteiger partial charge in [0.05, 0.1) is 10.9 Å². The van der Waals surface area contributed by atoms with Crippen molar-refractivity contribution in [2.75, 3.05) is 5.32 Å². The molecule has 0 spiro atoms. The number of hydrogen-bond acceptors (Lipinski definition) is 3. The lowest BCUT2D eigenvalue weighted by Gasteiger charge is -2.16. The molecule has 2 aromatic rings. The van der Waals surface area contributed by atoms with E-state index >= 15 is 0 Å². The Hall–Kier alpha value is -2.18. The molecule has 0 saturated carbocycles. The number of benzene rings is 2. The molecule has 0 fully saturated rings. The lowest BCUT2D eigenvalue weighted by atomic mass is 10.1. The molecular formula is C18H22N2O3S. The lowest BCUT2D eigenvalue weighted by Crippen LogP contribution is -2.41. The van der Waals surface area contributed by atoms with Crippen molar-refractivity contribution in [1.82, 2.24) is 4.72 Å². The Morgan fingerprint density at radius 3 is 2.25 bits per heavy atom. The number of carbonyl (C=O) groups excluding carboxylic acids is 1. The van der Waals surface area contributed by atoms with Crippen molar-refractivity contribution in [3.05, 3.63) is 59.2 Å². The van der Waals surface area contributed by atoms with Crippen LogP contribution in [0.2, 0.25) is 0 Å². The molecule has 6 heteroatoms. The third-order valence-corrected chi connectivity index (χ3v) is 5.48. The van der Waals surface area contributed by atoms with Crippen LogP contribution in [0, 0.1) is 20.8 Å². The minimum Gasteiger partial charge on any atom is -0.324 e. The van der Waals surface area contributed by atoms with Gasteiger partial charge in [-0.1, -0.05) is 29.8 Å². The molecule has 2 aromatic carbocycles. The Morgan fingerprint density at radius 2 is 1.62 bits per heavy atom. The number of rotatable bonds is 5. The highest BCUT2D eigenvalue weighted by Gasteiger charge is 2.22. The summed E-state index contributed by atoms with van der Waals surface area (Å²) in [4.78, 5) is 12.4. The summed E-state index contributed by atoms with van der Waals surface area (Å²) in [6.45, 7) is 7.26. The van der Waals surface area contributed by atoms with Gasteiger partial charge in [-0.25, -0.2) is 8.42 Å². The van der Waals surface area contributed by atoms with Crippen LogP contribution in [0.25, 0.3) is 0 Å². The quantitative estimate of drug-likeness (QED) is 0.874. The van der Waals surface area contributed by atoms with Crippen molar-refractivity contribution in [1.29, 1.82) is 0 Å². The number of anilines is 1. The average molecular weight is 346 g/mol. The summed E-state index contributed by atoms with van der Waals surface area (Å²) < 4.78 is 27.1. The first-order chi connectivity index (χ1) is 11.2. The van der Waals surface area contributed by atoms with Crippen LogP contribution in [0.4, 0.5) is 5.69 Å². The summed E-state index contributed by atoms with van der Waals surface area (Å²) in [6, 6.07) is 11.2. The van der Waals surface area contributed by atoms with Gasteiger partial charge in [0.15, 0.2) is 0 Å². The van der Waals surface area contributed by atoms with Gasteiger partial charge in [0.25, 0.3) is 0 Å². The van der Waals surface area contributed by atoms with Crippen LogP contribution in [0.3, 0.4) is 0 Å². The molecule has 24 heavy (non-hydrogen) atoms. The molecule has 1 atom stereocenters. The molecule has 0 aliphatic carbocycles. The largest absolute Gasteiger partial charge is 0.324 e. The fourth-order valence-electron chi connectivity index (χ4n) is 2.20. The summed E-state index contributed by atoms with van der Waals surface area (Å²) in [6.07, 6.45) is 0. The third kappa shape index (κ3) is 4.21. The van der Waals surface area contributed by atoms with Gasteiger partial charge in [0.1, 0.15) is 0 Å². The van der Waals surface area contributed by atoms with Gasteiger partial charge >= 0.3 is 0 Å². The van der Waals surface area contributed by atoms with Crippen LogP contribution in [-0.4, -0.2) is 20.4 Å². The van der Waals surface area contributed by atoms with E-state index in [1.165, 1.54) is 19.1 Å². The van der Waals surface area contributed by atoms with Crippen molar-refractivity contribution in [3.8, 4) is 0 Å². The zero-order valence-corrected chi connectivity index (χ0v) is 15.1. The summed E-state index contributed by atoms with van der Waals surface area (Å²) in [5, 5.41) is 2.77. The van der Waals surface area contributed by atoms with E-state index in [1.807, 2.05) is 32.9 Å². The Kier molecular flexibility index (Phi) is 5.41. The second-order valence-electron chi connectivity index (χ2n) is 5.89. The van der Waals surface area contributed by atoms with Crippen molar-refractivity contribution in [3.63, 3.8) is 0 Å². The fraction of sp³-hybridized carbons (Fsp3) is 0.278. The van der Waals surface area contributed by atoms with Gasteiger partial charge in [0.2, 0.25) is 15.9 Å². The Morgan fingerprint density at radius 1 is 1.00 bits per heavy atom. The molecular weight excluding hydrogens is 324 g/mol. The number of hydrogen-bond donors (Lipinski definition) is 2. The molecule has 5 nitrogen and oxygen atoms in total. The van der Waals surface area contributed by atoms with Gasteiger partial charge in [-0.2, -0.15) is 4.72 Å². The number of carbonyl (C=O) groups is 1. The summed E-state index contributed by atoms with van der Waals surface area (Å²) in [5.74, 6) is -0.403. The second-order valence-corrected chi connectivity index (χ2v) is 7.61. The summed E-state index contributed by atoms with van der Waals surface area (Å²) >= 11 is 0. The van der Waals surface area contributed by atoms with E-state index in [2.05, 4.69) is 10.0 Å². The Labute approximate surface area is 143 Å². The minimum atomic E-state index is -3.74. The first-order valence-corrected chi connectivity index (χ1v) is 9.15. The molecule has 0 radical (unpaired) electrons. The molecule has 0 aromatic heterocycles. The fourth-order valence-corrected chi connectivity index (χ4v) is 3.40. The highest BCUT2D eigenvalue weighted by Crippen LogP contribution is 2.18. The van der Waals surface area contributed by atoms with Crippen LogP contribution in [0.1, 0.15) is 23.6 Å². The Bertz CT molecular complexity index is 843. The SMILES string of the molecule is Cc1ccc(S(=O)(=O)NC(C)C(=O)Nc2cccc(C)c2C)cc1. The monoisotopic (exact) mass is 346 g/mol. The molecule has 1 unspecified atom stereocenters. The van der Waals surface area contributed by atoms with Crippen molar-refractivity contribution >= 4 is 21.6 Å². The van der Waals surface area contributed by atoms with Crippen LogP contribution in [-0.2, 0) is 14.8 Å². The molecule has 2 N–H and O–H groups in total. The van der Waals surface area contributed by atoms with Gasteiger partial charge in [-0.3, -0.25) is 4.79 Å². The van der Waals surface area contributed by atoms with Crippen LogP contribution in [0.15, 0.2) is 47.4 Å². The maximum absolute atomic E-state index is 12.3. The van der Waals surface area contributed by atoms with E-state index in [-0.39, 0.29) is 4.90 Å². The van der Waals surface area contributed by atoms with Gasteiger partial charge in [-0.05, 0) is 57.0 Å². The van der Waals surface area contributed by atoms with E-state index in [0.717, 1.165) is 16.7 Å². The molecule has 0 saturated heterocycles. The highest BCUT2D eigenvalue weighted by atomic mass is 32.2. The van der Waals surface area contributed by atoms with Crippen LogP contribution in [0.5, 0.6) is 0 Å². The van der Waals surface area contributed by atoms with Crippen LogP contribution < -0.4 is 10.0 Å². The number of nitrogens with one attached hydrogen (secondary N) is 2. The maximum Gasteiger partial charge on any atom is 0.242 e. The number of sulfonamides is 1. The molecule has 2 rings (SSSR count). The topological polar surface area (TPSA) is 75.3 Å². The van der Waals surface area contributed by atoms with E-state index < -0.39 is 22.0 Å². The zero-order valence-electron chi connectivity index (χ0n) is 14.3. The molecule has 0 aliphatic rings. The van der Waals surface area contributed by atoms with E-state index in [4.69, 9.17) is 0 Å². The standard InChI is InChI=1S/C18H22N2O3S/c1-12-8-10-16(11-9-12)24(22,23)20-15(4)18(21)19-17-7-5-6-13(2)14(17)3/h5-11,15,20H,1-4H3,(H,19,21). The highest BCUT2D eigenvalue weighted by molar-refractivity contribution is 7.89. The van der Waals surface area contributed by atoms with E-state index in [1.54, 1.807) is 18.2 Å². The molecule has 0 heterocycles. The number of amides is 1. The molecule has 1 amide bonds. The molecule has 128 valence electrons. The maximum atomic E-state index is 12.3. The predicted octanol–water partition coefficient (Wildman–Crippen LogP) is 2.92. The molecule has 0 bridgehead atoms. The summed E-state index contributed by atoms with van der Waals surface area (Å²) in [7, 11) is -3.74. The smallest absolute Gasteiger partial charge is 0.242 e. The van der Waals surface area contributed by atoms with E-state index in [9.17, 15) is 13.2 Å².